The molecule has 0 radical (unpaired) electrons. The van der Waals surface area contributed by atoms with Crippen LogP contribution in [0, 0.1) is 5.92 Å². The molecule has 1 aliphatic heterocycles. The van der Waals surface area contributed by atoms with Crippen LogP contribution in [0.15, 0.2) is 36.4 Å². The Labute approximate surface area is 216 Å². The molecule has 2 fully saturated rings. The lowest BCUT2D eigenvalue weighted by molar-refractivity contribution is -0.141. The van der Waals surface area contributed by atoms with Gasteiger partial charge in [0.15, 0.2) is 5.69 Å². The maximum atomic E-state index is 13.6. The van der Waals surface area contributed by atoms with Gasteiger partial charge in [-0.05, 0) is 55.5 Å². The van der Waals surface area contributed by atoms with Crippen molar-refractivity contribution in [2.45, 2.75) is 37.9 Å². The molecule has 4 amide bonds. The molecule has 3 atom stereocenters. The number of nitrogens with zero attached hydrogens (tertiary/aromatic N) is 4. The van der Waals surface area contributed by atoms with Crippen LogP contribution < -0.4 is 22.1 Å². The number of hydrogen-bond donors (Lipinski definition) is 4. The summed E-state index contributed by atoms with van der Waals surface area (Å²) in [5.41, 5.74) is 11.8. The number of hydrogen-bond acceptors (Lipinski definition) is 7. The molecule has 0 unspecified atom stereocenters. The first-order valence-electron chi connectivity index (χ1n) is 11.8. The van der Waals surface area contributed by atoms with Crippen LogP contribution in [0.4, 0.5) is 11.5 Å². The minimum atomic E-state index is -0.773. The summed E-state index contributed by atoms with van der Waals surface area (Å²) in [7, 11) is 0. The van der Waals surface area contributed by atoms with Gasteiger partial charge in [-0.25, -0.2) is 4.98 Å². The Morgan fingerprint density at radius 3 is 2.65 bits per heavy atom. The van der Waals surface area contributed by atoms with E-state index in [1.165, 1.54) is 4.68 Å². The maximum absolute atomic E-state index is 13.6. The predicted octanol–water partition coefficient (Wildman–Crippen LogP) is 1.10. The molecule has 2 aromatic heterocycles. The number of anilines is 2. The Morgan fingerprint density at radius 1 is 1.11 bits per heavy atom. The van der Waals surface area contributed by atoms with Crippen molar-refractivity contribution < 1.29 is 19.2 Å². The lowest BCUT2D eigenvalue weighted by atomic mass is 9.97. The van der Waals surface area contributed by atoms with Crippen molar-refractivity contribution >= 4 is 57.6 Å². The number of primary amides is 1. The van der Waals surface area contributed by atoms with E-state index >= 15 is 0 Å². The van der Waals surface area contributed by atoms with Crippen LogP contribution in [0.25, 0.3) is 10.9 Å². The Balaban J connectivity index is 1.41. The summed E-state index contributed by atoms with van der Waals surface area (Å²) in [5.74, 6) is -1.44. The first-order chi connectivity index (χ1) is 17.7. The highest BCUT2D eigenvalue weighted by atomic mass is 35.5. The zero-order valence-electron chi connectivity index (χ0n) is 19.7. The lowest BCUT2D eigenvalue weighted by Crippen LogP contribution is -2.52. The van der Waals surface area contributed by atoms with Gasteiger partial charge >= 0.3 is 0 Å². The highest BCUT2D eigenvalue weighted by Crippen LogP contribution is 2.43. The summed E-state index contributed by atoms with van der Waals surface area (Å²) in [6.07, 6.45) is 2.40. The molecule has 2 bridgehead atoms. The van der Waals surface area contributed by atoms with Gasteiger partial charge in [0.2, 0.25) is 17.7 Å². The number of aromatic nitrogens is 3. The fourth-order valence-electron chi connectivity index (χ4n) is 5.34. The van der Waals surface area contributed by atoms with Crippen LogP contribution in [0.1, 0.15) is 29.8 Å². The first kappa shape index (κ1) is 24.7. The Kier molecular flexibility index (Phi) is 6.52. The summed E-state index contributed by atoms with van der Waals surface area (Å²) in [4.78, 5) is 56.3. The molecule has 3 aromatic rings. The van der Waals surface area contributed by atoms with Gasteiger partial charge in [-0.2, -0.15) is 5.10 Å². The summed E-state index contributed by atoms with van der Waals surface area (Å²) in [6.45, 7) is -0.394. The second kappa shape index (κ2) is 9.79. The second-order valence-electron chi connectivity index (χ2n) is 9.16. The number of benzene rings is 1. The van der Waals surface area contributed by atoms with E-state index in [9.17, 15) is 19.2 Å². The number of pyridine rings is 1. The third kappa shape index (κ3) is 4.72. The molecule has 3 heterocycles. The zero-order valence-corrected chi connectivity index (χ0v) is 20.4. The van der Waals surface area contributed by atoms with Gasteiger partial charge in [0.25, 0.3) is 5.91 Å². The highest BCUT2D eigenvalue weighted by molar-refractivity contribution is 6.29. The first-order valence-corrected chi connectivity index (χ1v) is 12.2. The highest BCUT2D eigenvalue weighted by Gasteiger charge is 2.51. The van der Waals surface area contributed by atoms with Gasteiger partial charge in [0.05, 0.1) is 12.1 Å². The van der Waals surface area contributed by atoms with Gasteiger partial charge in [-0.1, -0.05) is 17.7 Å². The van der Waals surface area contributed by atoms with Crippen LogP contribution in [-0.2, 0) is 20.9 Å². The molecule has 12 nitrogen and oxygen atoms in total. The van der Waals surface area contributed by atoms with E-state index in [0.717, 1.165) is 19.3 Å². The van der Waals surface area contributed by atoms with Gasteiger partial charge in [-0.15, -0.1) is 0 Å². The van der Waals surface area contributed by atoms with E-state index in [2.05, 4.69) is 20.7 Å². The molecule has 13 heteroatoms. The molecule has 2 aliphatic rings. The third-order valence-corrected chi connectivity index (χ3v) is 7.06. The standard InChI is InChI=1S/C24H25ClN8O4/c25-17-2-1-3-18(29-17)30-24(37)22-12-4-6-14(8-12)33(22)20(35)11-32-16-7-5-13(28-19(34)10-26)9-15(16)21(31-32)23(27)36/h1-3,5,7,9,12,14,22H,4,6,8,10-11,26H2,(H2,27,36)(H,28,34)(H,29,30,37)/t12-,14+,22-/m0/s1. The predicted molar refractivity (Wildman–Crippen MR) is 136 cm³/mol. The molecule has 1 saturated carbocycles. The Bertz CT molecular complexity index is 1420. The van der Waals surface area contributed by atoms with Crippen LogP contribution in [0.3, 0.4) is 0 Å². The number of piperidine rings is 1. The number of rotatable bonds is 7. The molecule has 6 N–H and O–H groups in total. The molecule has 192 valence electrons. The Morgan fingerprint density at radius 2 is 1.92 bits per heavy atom. The lowest BCUT2D eigenvalue weighted by Gasteiger charge is -2.34. The summed E-state index contributed by atoms with van der Waals surface area (Å²) < 4.78 is 1.39. The topological polar surface area (TPSA) is 178 Å². The SMILES string of the molecule is NCC(=O)Nc1ccc2c(c1)c(C(N)=O)nn2CC(=O)N1[C@@H]2CC[C@@H](C2)[C@H]1C(=O)Nc1cccc(Cl)n1. The van der Waals surface area contributed by atoms with Gasteiger partial charge in [-0.3, -0.25) is 23.9 Å². The maximum Gasteiger partial charge on any atom is 0.269 e. The molecule has 1 aliphatic carbocycles. The normalized spacial score (nSPS) is 20.3. The quantitative estimate of drug-likeness (QED) is 0.334. The number of nitrogens with one attached hydrogen (secondary N) is 2. The number of fused-ring (bicyclic) bond motifs is 3. The summed E-state index contributed by atoms with van der Waals surface area (Å²) >= 11 is 5.94. The molecule has 1 aromatic carbocycles. The molecular formula is C24H25ClN8O4. The summed E-state index contributed by atoms with van der Waals surface area (Å²) in [6, 6.07) is 9.03. The molecule has 37 heavy (non-hydrogen) atoms. The number of amides is 4. The number of halogens is 1. The largest absolute Gasteiger partial charge is 0.364 e. The van der Waals surface area contributed by atoms with E-state index in [-0.39, 0.29) is 47.7 Å². The van der Waals surface area contributed by atoms with E-state index in [0.29, 0.717) is 22.4 Å². The molecule has 5 rings (SSSR count). The van der Waals surface area contributed by atoms with E-state index in [4.69, 9.17) is 23.1 Å². The third-order valence-electron chi connectivity index (χ3n) is 6.85. The van der Waals surface area contributed by atoms with E-state index in [1.807, 2.05) is 0 Å². The zero-order chi connectivity index (χ0) is 26.3. The Hall–Kier alpha value is -4.03. The van der Waals surface area contributed by atoms with Crippen molar-refractivity contribution in [2.24, 2.45) is 17.4 Å². The average Bonchev–Trinajstić information content (AvgIpc) is 3.57. The van der Waals surface area contributed by atoms with E-state index < -0.39 is 17.9 Å². The minimum Gasteiger partial charge on any atom is -0.364 e. The number of likely N-dealkylation sites (tertiary alicyclic amines) is 1. The number of carbonyl (C=O) groups excluding carboxylic acids is 4. The summed E-state index contributed by atoms with van der Waals surface area (Å²) in [5, 5.41) is 10.3. The smallest absolute Gasteiger partial charge is 0.269 e. The van der Waals surface area contributed by atoms with Crippen molar-refractivity contribution in [1.29, 1.82) is 0 Å². The monoisotopic (exact) mass is 524 g/mol. The van der Waals surface area contributed by atoms with Gasteiger partial charge < -0.3 is 27.0 Å². The van der Waals surface area contributed by atoms with Gasteiger partial charge in [0.1, 0.15) is 23.6 Å². The van der Waals surface area contributed by atoms with Crippen LogP contribution in [0.5, 0.6) is 0 Å². The second-order valence-corrected chi connectivity index (χ2v) is 9.55. The number of nitrogens with two attached hydrogens (primary N) is 2. The van der Waals surface area contributed by atoms with Crippen LogP contribution >= 0.6 is 11.6 Å². The fourth-order valence-corrected chi connectivity index (χ4v) is 5.51. The fraction of sp³-hybridized carbons (Fsp3) is 0.333. The molecule has 0 spiro atoms. The van der Waals surface area contributed by atoms with Gasteiger partial charge in [0, 0.05) is 17.1 Å². The molecule has 1 saturated heterocycles. The van der Waals surface area contributed by atoms with Crippen molar-refractivity contribution in [3.63, 3.8) is 0 Å². The average molecular weight is 525 g/mol. The minimum absolute atomic E-state index is 0.0316. The molecular weight excluding hydrogens is 500 g/mol. The van der Waals surface area contributed by atoms with Crippen molar-refractivity contribution in [2.75, 3.05) is 17.2 Å². The van der Waals surface area contributed by atoms with Crippen molar-refractivity contribution in [3.8, 4) is 0 Å². The van der Waals surface area contributed by atoms with Crippen LogP contribution in [-0.4, -0.2) is 61.9 Å². The van der Waals surface area contributed by atoms with Crippen molar-refractivity contribution in [1.82, 2.24) is 19.7 Å². The van der Waals surface area contributed by atoms with Crippen molar-refractivity contribution in [3.05, 3.63) is 47.2 Å². The van der Waals surface area contributed by atoms with E-state index in [1.54, 1.807) is 41.3 Å². The van der Waals surface area contributed by atoms with Crippen LogP contribution in [0.2, 0.25) is 5.15 Å². The number of carbonyl (C=O) groups is 4.